The van der Waals surface area contributed by atoms with Crippen molar-refractivity contribution in [3.63, 3.8) is 0 Å². The second-order valence-corrected chi connectivity index (χ2v) is 21.0. The molecule has 0 aliphatic heterocycles. The van der Waals surface area contributed by atoms with Gasteiger partial charge in [-0.1, -0.05) is 291 Å². The highest BCUT2D eigenvalue weighted by Gasteiger charge is 2.19. The molecule has 0 aromatic rings. The zero-order valence-electron chi connectivity index (χ0n) is 44.6. The summed E-state index contributed by atoms with van der Waals surface area (Å²) in [7, 11) is 0. The number of carbonyl (C=O) groups excluding carboxylic acids is 3. The summed E-state index contributed by atoms with van der Waals surface area (Å²) < 4.78 is 16.9. The maximum absolute atomic E-state index is 12.8. The Labute approximate surface area is 406 Å². The van der Waals surface area contributed by atoms with Crippen LogP contribution in [0.15, 0.2) is 0 Å². The summed E-state index contributed by atoms with van der Waals surface area (Å²) in [5.74, 6) is 0.882. The zero-order valence-corrected chi connectivity index (χ0v) is 44.6. The van der Waals surface area contributed by atoms with Gasteiger partial charge in [0.05, 0.1) is 0 Å². The minimum absolute atomic E-state index is 0.0627. The predicted molar refractivity (Wildman–Crippen MR) is 280 cm³/mol. The Balaban J connectivity index is 4.29. The van der Waals surface area contributed by atoms with Gasteiger partial charge in [-0.05, 0) is 31.1 Å². The summed E-state index contributed by atoms with van der Waals surface area (Å²) in [5.41, 5.74) is 0. The highest BCUT2D eigenvalue weighted by Crippen LogP contribution is 2.19. The minimum atomic E-state index is -0.763. The molecule has 0 fully saturated rings. The van der Waals surface area contributed by atoms with E-state index >= 15 is 0 Å². The van der Waals surface area contributed by atoms with Crippen LogP contribution in [-0.2, 0) is 28.6 Å². The molecule has 0 spiro atoms. The molecule has 0 bridgehead atoms. The molecule has 6 heteroatoms. The summed E-state index contributed by atoms with van der Waals surface area (Å²) in [6.45, 7) is 11.4. The molecule has 0 saturated carbocycles. The van der Waals surface area contributed by atoms with Crippen molar-refractivity contribution in [3.05, 3.63) is 0 Å². The standard InChI is InChI=1S/C59H114O6/c1-6-8-9-10-11-12-13-14-15-19-24-29-34-39-44-49-57(60)63-52-56(65-59(62)51-46-41-36-31-26-21-22-27-32-37-42-47-54(3)4)53-64-58(61)50-45-40-35-30-25-20-17-16-18-23-28-33-38-43-48-55(5)7-2/h54-56H,6-53H2,1-5H3/t55?,56-/m0/s1. The molecular weight excluding hydrogens is 805 g/mol. The van der Waals surface area contributed by atoms with E-state index in [9.17, 15) is 14.4 Å². The van der Waals surface area contributed by atoms with Gasteiger partial charge in [0.2, 0.25) is 0 Å². The minimum Gasteiger partial charge on any atom is -0.462 e. The van der Waals surface area contributed by atoms with Crippen LogP contribution >= 0.6 is 0 Å². The van der Waals surface area contributed by atoms with Gasteiger partial charge >= 0.3 is 17.9 Å². The van der Waals surface area contributed by atoms with Gasteiger partial charge < -0.3 is 14.2 Å². The van der Waals surface area contributed by atoms with Crippen molar-refractivity contribution in [1.29, 1.82) is 0 Å². The van der Waals surface area contributed by atoms with Crippen molar-refractivity contribution in [2.24, 2.45) is 11.8 Å². The molecule has 1 unspecified atom stereocenters. The van der Waals surface area contributed by atoms with E-state index in [-0.39, 0.29) is 31.1 Å². The molecule has 0 radical (unpaired) electrons. The second-order valence-electron chi connectivity index (χ2n) is 21.0. The Morgan fingerprint density at radius 2 is 0.585 bits per heavy atom. The van der Waals surface area contributed by atoms with Crippen molar-refractivity contribution in [2.45, 2.75) is 336 Å². The second kappa shape index (κ2) is 51.8. The molecule has 0 aromatic heterocycles. The Kier molecular flexibility index (Phi) is 50.5. The third-order valence-corrected chi connectivity index (χ3v) is 13.8. The molecule has 0 aromatic carbocycles. The van der Waals surface area contributed by atoms with Gasteiger partial charge in [-0.25, -0.2) is 0 Å². The molecular formula is C59H114O6. The van der Waals surface area contributed by atoms with Gasteiger partial charge in [0, 0.05) is 19.3 Å². The van der Waals surface area contributed by atoms with Gasteiger partial charge in [0.1, 0.15) is 13.2 Å². The molecule has 0 N–H and O–H groups in total. The molecule has 0 rings (SSSR count). The highest BCUT2D eigenvalue weighted by atomic mass is 16.6. The fourth-order valence-corrected chi connectivity index (χ4v) is 9.02. The van der Waals surface area contributed by atoms with E-state index in [2.05, 4.69) is 34.6 Å². The number of esters is 3. The maximum atomic E-state index is 12.8. The van der Waals surface area contributed by atoms with Gasteiger partial charge in [0.25, 0.3) is 0 Å². The zero-order chi connectivity index (χ0) is 47.5. The van der Waals surface area contributed by atoms with Crippen molar-refractivity contribution in [3.8, 4) is 0 Å². The summed E-state index contributed by atoms with van der Waals surface area (Å²) in [4.78, 5) is 38.1. The maximum Gasteiger partial charge on any atom is 0.306 e. The Hall–Kier alpha value is -1.59. The van der Waals surface area contributed by atoms with E-state index in [4.69, 9.17) is 14.2 Å². The molecule has 6 nitrogen and oxygen atoms in total. The number of hydrogen-bond donors (Lipinski definition) is 0. The fraction of sp³-hybridized carbons (Fsp3) is 0.949. The van der Waals surface area contributed by atoms with Crippen molar-refractivity contribution in [1.82, 2.24) is 0 Å². The monoisotopic (exact) mass is 919 g/mol. The third kappa shape index (κ3) is 51.6. The van der Waals surface area contributed by atoms with Crippen LogP contribution in [0.4, 0.5) is 0 Å². The average Bonchev–Trinajstić information content (AvgIpc) is 3.29. The van der Waals surface area contributed by atoms with Crippen molar-refractivity contribution in [2.75, 3.05) is 13.2 Å². The fourth-order valence-electron chi connectivity index (χ4n) is 9.02. The first-order chi connectivity index (χ1) is 31.8. The van der Waals surface area contributed by atoms with E-state index in [1.807, 2.05) is 0 Å². The van der Waals surface area contributed by atoms with Crippen molar-refractivity contribution >= 4 is 17.9 Å². The van der Waals surface area contributed by atoms with Crippen LogP contribution in [0.5, 0.6) is 0 Å². The molecule has 386 valence electrons. The van der Waals surface area contributed by atoms with Gasteiger partial charge in [-0.2, -0.15) is 0 Å². The largest absolute Gasteiger partial charge is 0.462 e. The van der Waals surface area contributed by atoms with Gasteiger partial charge in [-0.3, -0.25) is 14.4 Å². The Bertz CT molecular complexity index is 995. The molecule has 0 aliphatic carbocycles. The van der Waals surface area contributed by atoms with E-state index in [1.54, 1.807) is 0 Å². The van der Waals surface area contributed by atoms with Crippen LogP contribution in [0.2, 0.25) is 0 Å². The lowest BCUT2D eigenvalue weighted by molar-refractivity contribution is -0.167. The molecule has 0 saturated heterocycles. The van der Waals surface area contributed by atoms with Gasteiger partial charge in [-0.15, -0.1) is 0 Å². The lowest BCUT2D eigenvalue weighted by Gasteiger charge is -2.18. The molecule has 65 heavy (non-hydrogen) atoms. The number of ether oxygens (including phenoxy) is 3. The van der Waals surface area contributed by atoms with E-state index in [1.165, 1.54) is 218 Å². The summed E-state index contributed by atoms with van der Waals surface area (Å²) in [6.07, 6.45) is 55.1. The number of unbranched alkanes of at least 4 members (excludes halogenated alkanes) is 37. The van der Waals surface area contributed by atoms with Gasteiger partial charge in [0.15, 0.2) is 6.10 Å². The quantitative estimate of drug-likeness (QED) is 0.0344. The lowest BCUT2D eigenvalue weighted by atomic mass is 9.99. The van der Waals surface area contributed by atoms with E-state index < -0.39 is 6.10 Å². The summed E-state index contributed by atoms with van der Waals surface area (Å²) in [5, 5.41) is 0. The SMILES string of the molecule is CCCCCCCCCCCCCCCCCC(=O)OC[C@@H](COC(=O)CCCCCCCCCCCCCCCCC(C)CC)OC(=O)CCCCCCCCCCCCCC(C)C. The smallest absolute Gasteiger partial charge is 0.306 e. The Morgan fingerprint density at radius 3 is 0.877 bits per heavy atom. The number of rotatable bonds is 53. The molecule has 2 atom stereocenters. The van der Waals surface area contributed by atoms with Crippen LogP contribution in [0.1, 0.15) is 330 Å². The normalized spacial score (nSPS) is 12.5. The topological polar surface area (TPSA) is 78.9 Å². The first-order valence-corrected chi connectivity index (χ1v) is 29.3. The molecule has 0 aliphatic rings. The van der Waals surface area contributed by atoms with Crippen LogP contribution < -0.4 is 0 Å². The summed E-state index contributed by atoms with van der Waals surface area (Å²) >= 11 is 0. The van der Waals surface area contributed by atoms with Crippen LogP contribution in [0, 0.1) is 11.8 Å². The first-order valence-electron chi connectivity index (χ1n) is 29.3. The van der Waals surface area contributed by atoms with E-state index in [0.29, 0.717) is 19.3 Å². The molecule has 0 amide bonds. The van der Waals surface area contributed by atoms with Crippen LogP contribution in [-0.4, -0.2) is 37.2 Å². The Morgan fingerprint density at radius 1 is 0.323 bits per heavy atom. The molecule has 0 heterocycles. The summed E-state index contributed by atoms with van der Waals surface area (Å²) in [6, 6.07) is 0. The predicted octanol–water partition coefficient (Wildman–Crippen LogP) is 19.3. The first kappa shape index (κ1) is 63.4. The van der Waals surface area contributed by atoms with Crippen LogP contribution in [0.25, 0.3) is 0 Å². The number of hydrogen-bond acceptors (Lipinski definition) is 6. The lowest BCUT2D eigenvalue weighted by Crippen LogP contribution is -2.30. The number of carbonyl (C=O) groups is 3. The van der Waals surface area contributed by atoms with Crippen molar-refractivity contribution < 1.29 is 28.6 Å². The van der Waals surface area contributed by atoms with Crippen LogP contribution in [0.3, 0.4) is 0 Å². The van der Waals surface area contributed by atoms with E-state index in [0.717, 1.165) is 69.6 Å². The average molecular weight is 920 g/mol. The third-order valence-electron chi connectivity index (χ3n) is 13.8. The highest BCUT2D eigenvalue weighted by molar-refractivity contribution is 5.71.